The summed E-state index contributed by atoms with van der Waals surface area (Å²) < 4.78 is 26.3. The zero-order valence-electron chi connectivity index (χ0n) is 11.0. The lowest BCUT2D eigenvalue weighted by Gasteiger charge is -2.16. The topological polar surface area (TPSA) is 35.8 Å². The van der Waals surface area contributed by atoms with Crippen molar-refractivity contribution in [1.29, 1.82) is 5.26 Å². The molecule has 4 heteroatoms. The Morgan fingerprint density at radius 2 is 1.70 bits per heavy atom. The molecule has 0 saturated carbocycles. The van der Waals surface area contributed by atoms with Crippen molar-refractivity contribution in [3.63, 3.8) is 0 Å². The van der Waals surface area contributed by atoms with E-state index in [2.05, 4.69) is 11.4 Å². The van der Waals surface area contributed by atoms with E-state index >= 15 is 0 Å². The lowest BCUT2D eigenvalue weighted by atomic mass is 10.1. The van der Waals surface area contributed by atoms with E-state index in [9.17, 15) is 8.78 Å². The Kier molecular flexibility index (Phi) is 4.31. The number of benzene rings is 2. The van der Waals surface area contributed by atoms with E-state index in [1.54, 1.807) is 0 Å². The Hall–Kier alpha value is -2.41. The van der Waals surface area contributed by atoms with Crippen molar-refractivity contribution in [3.05, 3.63) is 65.2 Å². The minimum atomic E-state index is -0.585. The molecule has 1 N–H and O–H groups in total. The van der Waals surface area contributed by atoms with E-state index in [4.69, 9.17) is 5.26 Å². The molecule has 0 amide bonds. The molecule has 0 aliphatic rings. The average molecular weight is 272 g/mol. The van der Waals surface area contributed by atoms with E-state index in [1.165, 1.54) is 12.1 Å². The molecule has 0 bridgehead atoms. The van der Waals surface area contributed by atoms with Crippen LogP contribution in [0.15, 0.2) is 42.5 Å². The maximum Gasteiger partial charge on any atom is 0.126 e. The number of nitriles is 1. The van der Waals surface area contributed by atoms with Crippen LogP contribution in [0.4, 0.5) is 14.5 Å². The van der Waals surface area contributed by atoms with Crippen LogP contribution in [0.5, 0.6) is 0 Å². The SMILES string of the molecule is CC(Nc1ccc(CC#N)cc1)c1cc(F)cc(F)c1. The zero-order chi connectivity index (χ0) is 14.5. The van der Waals surface area contributed by atoms with E-state index in [1.807, 2.05) is 31.2 Å². The highest BCUT2D eigenvalue weighted by molar-refractivity contribution is 5.47. The van der Waals surface area contributed by atoms with Gasteiger partial charge < -0.3 is 5.32 Å². The van der Waals surface area contributed by atoms with Crippen molar-refractivity contribution in [2.45, 2.75) is 19.4 Å². The van der Waals surface area contributed by atoms with Gasteiger partial charge in [-0.1, -0.05) is 12.1 Å². The van der Waals surface area contributed by atoms with Crippen molar-refractivity contribution in [2.24, 2.45) is 0 Å². The Morgan fingerprint density at radius 1 is 1.10 bits per heavy atom. The molecule has 20 heavy (non-hydrogen) atoms. The second-order valence-corrected chi connectivity index (χ2v) is 4.60. The van der Waals surface area contributed by atoms with Crippen LogP contribution in [0.1, 0.15) is 24.1 Å². The van der Waals surface area contributed by atoms with Crippen molar-refractivity contribution in [3.8, 4) is 6.07 Å². The van der Waals surface area contributed by atoms with Gasteiger partial charge in [0, 0.05) is 17.8 Å². The number of rotatable bonds is 4. The first-order valence-corrected chi connectivity index (χ1v) is 6.27. The lowest BCUT2D eigenvalue weighted by Crippen LogP contribution is -2.07. The van der Waals surface area contributed by atoms with Gasteiger partial charge in [-0.3, -0.25) is 0 Å². The summed E-state index contributed by atoms with van der Waals surface area (Å²) in [6, 6.07) is 12.7. The highest BCUT2D eigenvalue weighted by Gasteiger charge is 2.08. The summed E-state index contributed by atoms with van der Waals surface area (Å²) in [4.78, 5) is 0. The Morgan fingerprint density at radius 3 is 2.25 bits per heavy atom. The molecule has 1 unspecified atom stereocenters. The fourth-order valence-electron chi connectivity index (χ4n) is 1.97. The molecule has 0 heterocycles. The van der Waals surface area contributed by atoms with Gasteiger partial charge in [0.25, 0.3) is 0 Å². The van der Waals surface area contributed by atoms with Gasteiger partial charge in [0.2, 0.25) is 0 Å². The van der Waals surface area contributed by atoms with Gasteiger partial charge in [0.15, 0.2) is 0 Å². The maximum absolute atomic E-state index is 13.2. The number of halogens is 2. The van der Waals surface area contributed by atoms with E-state index in [0.29, 0.717) is 12.0 Å². The molecule has 0 saturated heterocycles. The molecular formula is C16H14F2N2. The molecule has 2 nitrogen and oxygen atoms in total. The largest absolute Gasteiger partial charge is 0.379 e. The third kappa shape index (κ3) is 3.55. The summed E-state index contributed by atoms with van der Waals surface area (Å²) in [6.45, 7) is 1.83. The maximum atomic E-state index is 13.2. The average Bonchev–Trinajstić information content (AvgIpc) is 2.40. The zero-order valence-corrected chi connectivity index (χ0v) is 11.0. The molecule has 0 aromatic heterocycles. The fraction of sp³-hybridized carbons (Fsp3) is 0.188. The van der Waals surface area contributed by atoms with E-state index in [-0.39, 0.29) is 6.04 Å². The lowest BCUT2D eigenvalue weighted by molar-refractivity contribution is 0.577. The van der Waals surface area contributed by atoms with Crippen LogP contribution in [-0.2, 0) is 6.42 Å². The Bertz CT molecular complexity index is 610. The van der Waals surface area contributed by atoms with Gasteiger partial charge in [-0.05, 0) is 42.3 Å². The molecule has 0 aliphatic carbocycles. The van der Waals surface area contributed by atoms with Crippen LogP contribution in [0, 0.1) is 23.0 Å². The highest BCUT2D eigenvalue weighted by atomic mass is 19.1. The first-order chi connectivity index (χ1) is 9.58. The van der Waals surface area contributed by atoms with Crippen molar-refractivity contribution in [1.82, 2.24) is 0 Å². The van der Waals surface area contributed by atoms with Crippen LogP contribution >= 0.6 is 0 Å². The van der Waals surface area contributed by atoms with Crippen LogP contribution in [0.25, 0.3) is 0 Å². The minimum Gasteiger partial charge on any atom is -0.379 e. The summed E-state index contributed by atoms with van der Waals surface area (Å²) in [5.41, 5.74) is 2.31. The smallest absolute Gasteiger partial charge is 0.126 e. The van der Waals surface area contributed by atoms with Crippen LogP contribution in [-0.4, -0.2) is 0 Å². The number of anilines is 1. The first kappa shape index (κ1) is 14.0. The quantitative estimate of drug-likeness (QED) is 0.905. The molecule has 0 aliphatic heterocycles. The Balaban J connectivity index is 2.10. The molecule has 2 aromatic rings. The summed E-state index contributed by atoms with van der Waals surface area (Å²) in [5.74, 6) is -1.17. The van der Waals surface area contributed by atoms with Crippen molar-refractivity contribution < 1.29 is 8.78 Å². The molecule has 2 rings (SSSR count). The number of hydrogen-bond donors (Lipinski definition) is 1. The number of nitrogens with one attached hydrogen (secondary N) is 1. The van der Waals surface area contributed by atoms with E-state index in [0.717, 1.165) is 17.3 Å². The normalized spacial score (nSPS) is 11.7. The van der Waals surface area contributed by atoms with Gasteiger partial charge in [-0.25, -0.2) is 8.78 Å². The molecule has 0 fully saturated rings. The van der Waals surface area contributed by atoms with Gasteiger partial charge in [0.1, 0.15) is 11.6 Å². The third-order valence-electron chi connectivity index (χ3n) is 3.01. The third-order valence-corrected chi connectivity index (χ3v) is 3.01. The Labute approximate surface area is 116 Å². The van der Waals surface area contributed by atoms with Gasteiger partial charge in [0.05, 0.1) is 12.5 Å². The minimum absolute atomic E-state index is 0.220. The predicted octanol–water partition coefficient (Wildman–Crippen LogP) is 4.20. The summed E-state index contributed by atoms with van der Waals surface area (Å²) >= 11 is 0. The fourth-order valence-corrected chi connectivity index (χ4v) is 1.97. The summed E-state index contributed by atoms with van der Waals surface area (Å²) in [6.07, 6.45) is 0.366. The number of hydrogen-bond acceptors (Lipinski definition) is 2. The number of nitrogens with zero attached hydrogens (tertiary/aromatic N) is 1. The monoisotopic (exact) mass is 272 g/mol. The molecule has 0 radical (unpaired) electrons. The first-order valence-electron chi connectivity index (χ1n) is 6.27. The summed E-state index contributed by atoms with van der Waals surface area (Å²) in [7, 11) is 0. The van der Waals surface area contributed by atoms with Gasteiger partial charge >= 0.3 is 0 Å². The second kappa shape index (κ2) is 6.16. The van der Waals surface area contributed by atoms with Crippen LogP contribution in [0.2, 0.25) is 0 Å². The summed E-state index contributed by atoms with van der Waals surface area (Å²) in [5, 5.41) is 11.8. The molecule has 0 spiro atoms. The van der Waals surface area contributed by atoms with Crippen molar-refractivity contribution >= 4 is 5.69 Å². The second-order valence-electron chi connectivity index (χ2n) is 4.60. The van der Waals surface area contributed by atoms with Crippen LogP contribution in [0.3, 0.4) is 0 Å². The standard InChI is InChI=1S/C16H14F2N2/c1-11(13-8-14(17)10-15(18)9-13)20-16-4-2-12(3-5-16)6-7-19/h2-5,8-11,20H,6H2,1H3. The molecular weight excluding hydrogens is 258 g/mol. The highest BCUT2D eigenvalue weighted by Crippen LogP contribution is 2.21. The molecule has 1 atom stereocenters. The van der Waals surface area contributed by atoms with E-state index < -0.39 is 11.6 Å². The van der Waals surface area contributed by atoms with Crippen LogP contribution < -0.4 is 5.32 Å². The molecule has 102 valence electrons. The van der Waals surface area contributed by atoms with Crippen molar-refractivity contribution in [2.75, 3.05) is 5.32 Å². The predicted molar refractivity (Wildman–Crippen MR) is 74.2 cm³/mol. The van der Waals surface area contributed by atoms with Gasteiger partial charge in [-0.15, -0.1) is 0 Å². The van der Waals surface area contributed by atoms with Gasteiger partial charge in [-0.2, -0.15) is 5.26 Å². The molecule has 2 aromatic carbocycles.